The number of nitrogens with zero attached hydrogens (tertiary/aromatic N) is 1. The van der Waals surface area contributed by atoms with Crippen LogP contribution in [0.3, 0.4) is 0 Å². The number of hydrogen-bond acceptors (Lipinski definition) is 6. The molecule has 5 nitrogen and oxygen atoms in total. The summed E-state index contributed by atoms with van der Waals surface area (Å²) in [6.45, 7) is 11.2. The van der Waals surface area contributed by atoms with Crippen LogP contribution in [0.25, 0.3) is 6.08 Å². The Kier molecular flexibility index (Phi) is 7.79. The van der Waals surface area contributed by atoms with Gasteiger partial charge in [0.05, 0.1) is 11.2 Å². The Morgan fingerprint density at radius 1 is 1.14 bits per heavy atom. The lowest BCUT2D eigenvalue weighted by Gasteiger charge is -2.32. The van der Waals surface area contributed by atoms with Gasteiger partial charge >= 0.3 is 7.12 Å². The summed E-state index contributed by atoms with van der Waals surface area (Å²) >= 11 is 1.27. The van der Waals surface area contributed by atoms with Gasteiger partial charge in [-0.1, -0.05) is 30.0 Å². The molecule has 7 heteroatoms. The molecular formula is C21H32BNO4S. The van der Waals surface area contributed by atoms with Crippen molar-refractivity contribution >= 4 is 30.1 Å². The molecule has 1 saturated heterocycles. The average Bonchev–Trinajstić information content (AvgIpc) is 2.80. The Hall–Kier alpha value is -1.28. The minimum Gasteiger partial charge on any atom is -0.492 e. The van der Waals surface area contributed by atoms with E-state index in [1.807, 2.05) is 72.1 Å². The van der Waals surface area contributed by atoms with Crippen LogP contribution >= 0.6 is 11.8 Å². The van der Waals surface area contributed by atoms with E-state index < -0.39 is 18.3 Å². The van der Waals surface area contributed by atoms with E-state index in [4.69, 9.17) is 14.0 Å². The van der Waals surface area contributed by atoms with Crippen LogP contribution in [0.15, 0.2) is 29.7 Å². The molecule has 0 amide bonds. The van der Waals surface area contributed by atoms with Gasteiger partial charge in [0.1, 0.15) is 12.4 Å². The lowest BCUT2D eigenvalue weighted by molar-refractivity contribution is -0.109. The summed E-state index contributed by atoms with van der Waals surface area (Å²) in [5.41, 5.74) is 1.14. The van der Waals surface area contributed by atoms with E-state index in [-0.39, 0.29) is 5.12 Å². The predicted octanol–water partition coefficient (Wildman–Crippen LogP) is 3.92. The van der Waals surface area contributed by atoms with E-state index in [2.05, 4.69) is 4.90 Å². The van der Waals surface area contributed by atoms with Crippen molar-refractivity contribution in [3.8, 4) is 5.75 Å². The van der Waals surface area contributed by atoms with Gasteiger partial charge in [-0.2, -0.15) is 0 Å². The summed E-state index contributed by atoms with van der Waals surface area (Å²) in [7, 11) is 3.58. The Morgan fingerprint density at radius 2 is 1.71 bits per heavy atom. The second-order valence-corrected chi connectivity index (χ2v) is 9.46. The highest BCUT2D eigenvalue weighted by atomic mass is 32.2. The Morgan fingerprint density at radius 3 is 2.21 bits per heavy atom. The SMILES string of the molecule is CC(=O)SCC(=Cc1ccc(OCCN(C)C)cc1)B1OC(C)(C)C(C)(C)O1. The van der Waals surface area contributed by atoms with Gasteiger partial charge in [0, 0.05) is 19.2 Å². The molecular weight excluding hydrogens is 373 g/mol. The molecule has 0 saturated carbocycles. The van der Waals surface area contributed by atoms with Gasteiger partial charge in [-0.3, -0.25) is 4.79 Å². The summed E-state index contributed by atoms with van der Waals surface area (Å²) in [4.78, 5) is 13.6. The molecule has 28 heavy (non-hydrogen) atoms. The molecule has 1 aromatic carbocycles. The third kappa shape index (κ3) is 6.37. The first-order chi connectivity index (χ1) is 13.0. The highest BCUT2D eigenvalue weighted by molar-refractivity contribution is 8.13. The quantitative estimate of drug-likeness (QED) is 0.611. The molecule has 0 unspecified atom stereocenters. The van der Waals surface area contributed by atoms with Gasteiger partial charge < -0.3 is 18.9 Å². The lowest BCUT2D eigenvalue weighted by atomic mass is 9.78. The number of ether oxygens (including phenoxy) is 1. The largest absolute Gasteiger partial charge is 0.492 e. The zero-order valence-electron chi connectivity index (χ0n) is 18.1. The second-order valence-electron chi connectivity index (χ2n) is 8.31. The molecule has 1 aromatic rings. The van der Waals surface area contributed by atoms with Crippen LogP contribution in [0.2, 0.25) is 0 Å². The van der Waals surface area contributed by atoms with Gasteiger partial charge in [0.2, 0.25) is 0 Å². The average molecular weight is 405 g/mol. The standard InChI is InChI=1S/C21H32BNO4S/c1-16(24)28-15-18(22-26-20(2,3)21(4,5)27-22)14-17-8-10-19(11-9-17)25-13-12-23(6)7/h8-11,14H,12-13,15H2,1-7H3. The molecule has 0 aliphatic carbocycles. The molecule has 154 valence electrons. The van der Waals surface area contributed by atoms with Crippen molar-refractivity contribution in [3.05, 3.63) is 35.3 Å². The van der Waals surface area contributed by atoms with Crippen LogP contribution in [0, 0.1) is 0 Å². The lowest BCUT2D eigenvalue weighted by Crippen LogP contribution is -2.41. The number of hydrogen-bond donors (Lipinski definition) is 0. The van der Waals surface area contributed by atoms with Crippen molar-refractivity contribution in [2.45, 2.75) is 45.8 Å². The molecule has 1 fully saturated rings. The highest BCUT2D eigenvalue weighted by Crippen LogP contribution is 2.39. The van der Waals surface area contributed by atoms with Crippen molar-refractivity contribution in [1.82, 2.24) is 4.90 Å². The van der Waals surface area contributed by atoms with Crippen LogP contribution in [-0.4, -0.2) is 61.3 Å². The minimum atomic E-state index is -0.465. The van der Waals surface area contributed by atoms with Gasteiger partial charge in [-0.25, -0.2) is 0 Å². The summed E-state index contributed by atoms with van der Waals surface area (Å²) in [6, 6.07) is 7.94. The van der Waals surface area contributed by atoms with E-state index in [9.17, 15) is 4.79 Å². The van der Waals surface area contributed by atoms with E-state index in [0.717, 1.165) is 23.3 Å². The monoisotopic (exact) mass is 405 g/mol. The van der Waals surface area contributed by atoms with Crippen LogP contribution in [0.1, 0.15) is 40.2 Å². The van der Waals surface area contributed by atoms with Crippen LogP contribution in [0.5, 0.6) is 5.75 Å². The molecule has 1 aliphatic rings. The molecule has 0 aromatic heterocycles. The fourth-order valence-corrected chi connectivity index (χ4v) is 3.17. The van der Waals surface area contributed by atoms with Gasteiger partial charge in [0.15, 0.2) is 5.12 Å². The van der Waals surface area contributed by atoms with Crippen molar-refractivity contribution < 1.29 is 18.8 Å². The van der Waals surface area contributed by atoms with Crippen molar-refractivity contribution in [3.63, 3.8) is 0 Å². The molecule has 0 spiro atoms. The van der Waals surface area contributed by atoms with Crippen molar-refractivity contribution in [1.29, 1.82) is 0 Å². The van der Waals surface area contributed by atoms with E-state index >= 15 is 0 Å². The zero-order chi connectivity index (χ0) is 20.9. The van der Waals surface area contributed by atoms with Gasteiger partial charge in [-0.05, 0) is 65.0 Å². The summed E-state index contributed by atoms with van der Waals surface area (Å²) in [6.07, 6.45) is 2.04. The molecule has 1 heterocycles. The maximum atomic E-state index is 11.5. The smallest absolute Gasteiger partial charge is 0.491 e. The second kappa shape index (κ2) is 9.48. The predicted molar refractivity (Wildman–Crippen MR) is 118 cm³/mol. The number of benzene rings is 1. The van der Waals surface area contributed by atoms with E-state index in [1.165, 1.54) is 11.8 Å². The minimum absolute atomic E-state index is 0.0760. The molecule has 0 atom stereocenters. The molecule has 2 rings (SSSR count). The number of carbonyl (C=O) groups is 1. The first-order valence-electron chi connectivity index (χ1n) is 9.57. The topological polar surface area (TPSA) is 48.0 Å². The van der Waals surface area contributed by atoms with Crippen molar-refractivity contribution in [2.24, 2.45) is 0 Å². The highest BCUT2D eigenvalue weighted by Gasteiger charge is 2.52. The van der Waals surface area contributed by atoms with E-state index in [1.54, 1.807) is 6.92 Å². The molecule has 0 radical (unpaired) electrons. The Balaban J connectivity index is 2.14. The maximum Gasteiger partial charge on any atom is 0.491 e. The molecule has 0 N–H and O–H groups in total. The first-order valence-corrected chi connectivity index (χ1v) is 10.6. The van der Waals surface area contributed by atoms with Crippen LogP contribution in [0.4, 0.5) is 0 Å². The number of carbonyl (C=O) groups excluding carboxylic acids is 1. The van der Waals surface area contributed by atoms with E-state index in [0.29, 0.717) is 12.4 Å². The third-order valence-corrected chi connectivity index (χ3v) is 5.92. The summed E-state index contributed by atoms with van der Waals surface area (Å²) in [5.74, 6) is 1.38. The number of rotatable bonds is 8. The van der Waals surface area contributed by atoms with Crippen LogP contribution in [-0.2, 0) is 14.1 Å². The van der Waals surface area contributed by atoms with Crippen molar-refractivity contribution in [2.75, 3.05) is 33.0 Å². The Labute approximate surface area is 173 Å². The number of likely N-dealkylation sites (N-methyl/N-ethyl adjacent to an activating group) is 1. The normalized spacial score (nSPS) is 18.6. The zero-order valence-corrected chi connectivity index (χ0v) is 18.9. The molecule has 0 bridgehead atoms. The summed E-state index contributed by atoms with van der Waals surface area (Å²) in [5, 5.41) is 0.0760. The fourth-order valence-electron chi connectivity index (χ4n) is 2.58. The summed E-state index contributed by atoms with van der Waals surface area (Å²) < 4.78 is 18.1. The maximum absolute atomic E-state index is 11.5. The van der Waals surface area contributed by atoms with Gasteiger partial charge in [-0.15, -0.1) is 0 Å². The van der Waals surface area contributed by atoms with Crippen LogP contribution < -0.4 is 4.74 Å². The van der Waals surface area contributed by atoms with Gasteiger partial charge in [0.25, 0.3) is 0 Å². The number of thioether (sulfide) groups is 1. The molecule has 1 aliphatic heterocycles. The fraction of sp³-hybridized carbons (Fsp3) is 0.571. The first kappa shape index (κ1) is 23.0. The third-order valence-electron chi connectivity index (χ3n) is 5.04. The Bertz CT molecular complexity index is 685.